The maximum absolute atomic E-state index is 12.3. The minimum atomic E-state index is -0.147. The first-order valence-corrected chi connectivity index (χ1v) is 10.9. The Labute approximate surface area is 184 Å². The van der Waals surface area contributed by atoms with E-state index in [0.717, 1.165) is 28.1 Å². The number of hydrogen-bond acceptors (Lipinski definition) is 4. The molecule has 3 aromatic rings. The monoisotopic (exact) mass is 446 g/mol. The summed E-state index contributed by atoms with van der Waals surface area (Å²) in [6.45, 7) is 0. The number of aromatic nitrogens is 2. The quantitative estimate of drug-likeness (QED) is 0.597. The minimum Gasteiger partial charge on any atom is -0.378 e. The zero-order valence-corrected chi connectivity index (χ0v) is 18.6. The van der Waals surface area contributed by atoms with Crippen molar-refractivity contribution in [2.75, 3.05) is 30.1 Å². The van der Waals surface area contributed by atoms with Crippen molar-refractivity contribution < 1.29 is 4.79 Å². The van der Waals surface area contributed by atoms with Crippen LogP contribution in [0.25, 0.3) is 11.3 Å². The van der Waals surface area contributed by atoms with Crippen molar-refractivity contribution in [3.05, 3.63) is 63.6 Å². The normalized spacial score (nSPS) is 16.2. The second kappa shape index (κ2) is 7.94. The Balaban J connectivity index is 1.89. The van der Waals surface area contributed by atoms with E-state index in [0.29, 0.717) is 21.6 Å². The number of thioether (sulfide) groups is 1. The van der Waals surface area contributed by atoms with Gasteiger partial charge < -0.3 is 10.2 Å². The Morgan fingerprint density at radius 2 is 1.90 bits per heavy atom. The molecule has 0 aliphatic carbocycles. The summed E-state index contributed by atoms with van der Waals surface area (Å²) in [6.07, 6.45) is 0. The van der Waals surface area contributed by atoms with E-state index in [1.54, 1.807) is 10.7 Å². The number of anilines is 2. The smallest absolute Gasteiger partial charge is 0.235 e. The highest BCUT2D eigenvalue weighted by Gasteiger charge is 2.32. The molecule has 29 heavy (non-hydrogen) atoms. The number of nitrogens with zero attached hydrogens (tertiary/aromatic N) is 3. The number of amides is 1. The third kappa shape index (κ3) is 3.84. The Kier molecular flexibility index (Phi) is 5.51. The molecule has 0 saturated carbocycles. The molecule has 4 rings (SSSR count). The second-order valence-corrected chi connectivity index (χ2v) is 9.02. The van der Waals surface area contributed by atoms with Crippen LogP contribution in [0.5, 0.6) is 0 Å². The summed E-state index contributed by atoms with van der Waals surface area (Å²) in [6, 6.07) is 13.7. The Morgan fingerprint density at radius 3 is 2.55 bits per heavy atom. The van der Waals surface area contributed by atoms with Crippen LogP contribution < -0.4 is 10.2 Å². The molecular formula is C21H20Cl2N4OS. The highest BCUT2D eigenvalue weighted by atomic mass is 35.5. The van der Waals surface area contributed by atoms with E-state index in [4.69, 9.17) is 28.3 Å². The van der Waals surface area contributed by atoms with Gasteiger partial charge in [-0.3, -0.25) is 9.48 Å². The van der Waals surface area contributed by atoms with Crippen LogP contribution in [-0.2, 0) is 11.8 Å². The average molecular weight is 447 g/mol. The summed E-state index contributed by atoms with van der Waals surface area (Å²) < 4.78 is 1.73. The summed E-state index contributed by atoms with van der Waals surface area (Å²) in [4.78, 5) is 14.4. The number of aryl methyl sites for hydroxylation is 1. The van der Waals surface area contributed by atoms with E-state index >= 15 is 0 Å². The van der Waals surface area contributed by atoms with Gasteiger partial charge in [-0.1, -0.05) is 41.4 Å². The number of hydrogen-bond donors (Lipinski definition) is 1. The molecule has 1 unspecified atom stereocenters. The topological polar surface area (TPSA) is 50.2 Å². The number of halogens is 2. The van der Waals surface area contributed by atoms with Crippen LogP contribution >= 0.6 is 35.0 Å². The third-order valence-electron chi connectivity index (χ3n) is 4.89. The SMILES string of the molecule is CN(C)c1ccc(-c2nn(C)c3c2C(c2ccc(Cl)cc2Cl)SCC(=O)N3)cc1. The highest BCUT2D eigenvalue weighted by molar-refractivity contribution is 8.00. The fourth-order valence-electron chi connectivity index (χ4n) is 3.44. The third-order valence-corrected chi connectivity index (χ3v) is 6.70. The molecule has 0 saturated heterocycles. The highest BCUT2D eigenvalue weighted by Crippen LogP contribution is 2.48. The molecule has 1 aliphatic heterocycles. The van der Waals surface area contributed by atoms with E-state index in [-0.39, 0.29) is 11.2 Å². The van der Waals surface area contributed by atoms with Crippen LogP contribution in [0, 0.1) is 0 Å². The summed E-state index contributed by atoms with van der Waals surface area (Å²) in [7, 11) is 5.85. The lowest BCUT2D eigenvalue weighted by Gasteiger charge is -2.18. The van der Waals surface area contributed by atoms with E-state index in [1.165, 1.54) is 11.8 Å². The van der Waals surface area contributed by atoms with Crippen molar-refractivity contribution in [1.82, 2.24) is 9.78 Å². The molecule has 0 bridgehead atoms. The van der Waals surface area contributed by atoms with Gasteiger partial charge in [-0.25, -0.2) is 0 Å². The van der Waals surface area contributed by atoms with Crippen molar-refractivity contribution >= 4 is 52.4 Å². The van der Waals surface area contributed by atoms with E-state index in [2.05, 4.69) is 34.5 Å². The zero-order valence-electron chi connectivity index (χ0n) is 16.2. The molecule has 8 heteroatoms. The lowest BCUT2D eigenvalue weighted by molar-refractivity contribution is -0.113. The molecular weight excluding hydrogens is 427 g/mol. The van der Waals surface area contributed by atoms with Gasteiger partial charge in [-0.05, 0) is 29.8 Å². The number of nitrogens with one attached hydrogen (secondary N) is 1. The molecule has 1 aromatic heterocycles. The second-order valence-electron chi connectivity index (χ2n) is 7.08. The molecule has 150 valence electrons. The molecule has 1 N–H and O–H groups in total. The number of fused-ring (bicyclic) bond motifs is 1. The number of carbonyl (C=O) groups is 1. The number of carbonyl (C=O) groups excluding carboxylic acids is 1. The van der Waals surface area contributed by atoms with Crippen LogP contribution in [0.3, 0.4) is 0 Å². The fourth-order valence-corrected chi connectivity index (χ4v) is 5.19. The van der Waals surface area contributed by atoms with E-state index in [9.17, 15) is 4.79 Å². The van der Waals surface area contributed by atoms with Crippen LogP contribution in [0.2, 0.25) is 10.0 Å². The maximum atomic E-state index is 12.3. The minimum absolute atomic E-state index is 0.0543. The first kappa shape index (κ1) is 20.1. The van der Waals surface area contributed by atoms with Gasteiger partial charge in [0.15, 0.2) is 0 Å². The maximum Gasteiger partial charge on any atom is 0.235 e. The largest absolute Gasteiger partial charge is 0.378 e. The predicted molar refractivity (Wildman–Crippen MR) is 122 cm³/mol. The van der Waals surface area contributed by atoms with Crippen molar-refractivity contribution in [3.8, 4) is 11.3 Å². The van der Waals surface area contributed by atoms with Gasteiger partial charge in [0.05, 0.1) is 16.7 Å². The summed E-state index contributed by atoms with van der Waals surface area (Å²) in [5.74, 6) is 0.973. The first-order valence-electron chi connectivity index (χ1n) is 9.06. The fraction of sp³-hybridized carbons (Fsp3) is 0.238. The van der Waals surface area contributed by atoms with Gasteiger partial charge in [-0.15, -0.1) is 11.8 Å². The Bertz CT molecular complexity index is 1080. The van der Waals surface area contributed by atoms with Crippen LogP contribution in [-0.4, -0.2) is 35.5 Å². The Hall–Kier alpha value is -2.15. The van der Waals surface area contributed by atoms with Crippen molar-refractivity contribution in [2.45, 2.75) is 5.25 Å². The van der Waals surface area contributed by atoms with Crippen molar-refractivity contribution in [3.63, 3.8) is 0 Å². The van der Waals surface area contributed by atoms with Gasteiger partial charge in [0.2, 0.25) is 5.91 Å². The molecule has 5 nitrogen and oxygen atoms in total. The van der Waals surface area contributed by atoms with Crippen molar-refractivity contribution in [2.24, 2.45) is 7.05 Å². The molecule has 2 aromatic carbocycles. The first-order chi connectivity index (χ1) is 13.8. The molecule has 0 fully saturated rings. The van der Waals surface area contributed by atoms with Crippen LogP contribution in [0.15, 0.2) is 42.5 Å². The average Bonchev–Trinajstić information content (AvgIpc) is 2.88. The summed E-state index contributed by atoms with van der Waals surface area (Å²) >= 11 is 14.2. The summed E-state index contributed by atoms with van der Waals surface area (Å²) in [5, 5.41) is 8.76. The van der Waals surface area contributed by atoms with Gasteiger partial charge >= 0.3 is 0 Å². The van der Waals surface area contributed by atoms with Crippen LogP contribution in [0.4, 0.5) is 11.5 Å². The molecule has 1 aliphatic rings. The van der Waals surface area contributed by atoms with E-state index in [1.807, 2.05) is 33.3 Å². The lowest BCUT2D eigenvalue weighted by Crippen LogP contribution is -2.15. The van der Waals surface area contributed by atoms with Gasteiger partial charge in [-0.2, -0.15) is 5.10 Å². The van der Waals surface area contributed by atoms with E-state index < -0.39 is 0 Å². The molecule has 2 heterocycles. The predicted octanol–water partition coefficient (Wildman–Crippen LogP) is 5.23. The Morgan fingerprint density at radius 1 is 1.17 bits per heavy atom. The molecule has 0 radical (unpaired) electrons. The number of benzene rings is 2. The van der Waals surface area contributed by atoms with Crippen LogP contribution in [0.1, 0.15) is 16.4 Å². The molecule has 1 atom stereocenters. The van der Waals surface area contributed by atoms with Gasteiger partial charge in [0.1, 0.15) is 5.82 Å². The molecule has 0 spiro atoms. The standard InChI is InChI=1S/C21H20Cl2N4OS/c1-26(2)14-7-4-12(5-8-14)19-18-20(15-9-6-13(22)10-16(15)23)29-11-17(28)24-21(18)27(3)25-19/h4-10,20H,11H2,1-3H3,(H,24,28). The lowest BCUT2D eigenvalue weighted by atomic mass is 9.99. The molecule has 1 amide bonds. The van der Waals surface area contributed by atoms with Crippen molar-refractivity contribution in [1.29, 1.82) is 0 Å². The van der Waals surface area contributed by atoms with Gasteiger partial charge in [0.25, 0.3) is 0 Å². The van der Waals surface area contributed by atoms with Gasteiger partial charge in [0, 0.05) is 48.0 Å². The number of rotatable bonds is 3. The zero-order chi connectivity index (χ0) is 20.7. The summed E-state index contributed by atoms with van der Waals surface area (Å²) in [5.41, 5.74) is 4.79.